The van der Waals surface area contributed by atoms with Crippen molar-refractivity contribution in [2.45, 2.75) is 25.8 Å². The highest BCUT2D eigenvalue weighted by atomic mass is 79.9. The van der Waals surface area contributed by atoms with Crippen molar-refractivity contribution in [3.8, 4) is 0 Å². The van der Waals surface area contributed by atoms with Crippen molar-refractivity contribution in [1.82, 2.24) is 5.32 Å². The van der Waals surface area contributed by atoms with Gasteiger partial charge in [-0.05, 0) is 48.9 Å². The monoisotopic (exact) mass is 333 g/mol. The lowest BCUT2D eigenvalue weighted by atomic mass is 9.98. The van der Waals surface area contributed by atoms with E-state index in [4.69, 9.17) is 11.6 Å². The van der Waals surface area contributed by atoms with Crippen LogP contribution in [0.2, 0.25) is 0 Å². The lowest BCUT2D eigenvalue weighted by Gasteiger charge is -2.18. The van der Waals surface area contributed by atoms with Gasteiger partial charge in [0.2, 0.25) is 0 Å². The molecule has 2 unspecified atom stereocenters. The normalized spacial score (nSPS) is 23.5. The number of alkyl halides is 1. The summed E-state index contributed by atoms with van der Waals surface area (Å²) in [4.78, 5) is 0. The first-order chi connectivity index (χ1) is 8.70. The quantitative estimate of drug-likeness (QED) is 0.790. The zero-order chi connectivity index (χ0) is 13.0. The Hall–Kier alpha value is -0.120. The number of hydrogen-bond donors (Lipinski definition) is 1. The van der Waals surface area contributed by atoms with Crippen LogP contribution in [0, 0.1) is 17.7 Å². The van der Waals surface area contributed by atoms with Gasteiger partial charge in [0.25, 0.3) is 0 Å². The van der Waals surface area contributed by atoms with E-state index in [1.807, 2.05) is 6.07 Å². The molecule has 2 rings (SSSR count). The van der Waals surface area contributed by atoms with Crippen LogP contribution in [0.4, 0.5) is 4.39 Å². The van der Waals surface area contributed by atoms with E-state index < -0.39 is 0 Å². The summed E-state index contributed by atoms with van der Waals surface area (Å²) < 4.78 is 13.8. The van der Waals surface area contributed by atoms with Crippen LogP contribution < -0.4 is 5.32 Å². The van der Waals surface area contributed by atoms with E-state index in [2.05, 4.69) is 21.2 Å². The fourth-order valence-corrected chi connectivity index (χ4v) is 3.54. The molecule has 1 nitrogen and oxygen atoms in total. The molecule has 0 aromatic heterocycles. The van der Waals surface area contributed by atoms with Crippen LogP contribution in [0.1, 0.15) is 24.8 Å². The highest BCUT2D eigenvalue weighted by Crippen LogP contribution is 2.32. The molecule has 0 heterocycles. The minimum Gasteiger partial charge on any atom is -0.312 e. The van der Waals surface area contributed by atoms with Crippen LogP contribution in [-0.2, 0) is 6.54 Å². The molecule has 0 bridgehead atoms. The Bertz CT molecular complexity index is 399. The van der Waals surface area contributed by atoms with Crippen molar-refractivity contribution in [2.24, 2.45) is 11.8 Å². The Balaban J connectivity index is 1.81. The molecule has 1 aliphatic carbocycles. The van der Waals surface area contributed by atoms with Gasteiger partial charge in [0.05, 0.1) is 0 Å². The number of halogens is 3. The largest absolute Gasteiger partial charge is 0.312 e. The fraction of sp³-hybridized carbons (Fsp3) is 0.571. The second-order valence-corrected chi connectivity index (χ2v) is 6.13. The van der Waals surface area contributed by atoms with E-state index in [9.17, 15) is 4.39 Å². The maximum Gasteiger partial charge on any atom is 0.124 e. The van der Waals surface area contributed by atoms with Crippen molar-refractivity contribution < 1.29 is 4.39 Å². The second-order valence-electron chi connectivity index (χ2n) is 4.97. The van der Waals surface area contributed by atoms with Gasteiger partial charge in [-0.1, -0.05) is 28.4 Å². The zero-order valence-electron chi connectivity index (χ0n) is 10.3. The first kappa shape index (κ1) is 14.3. The molecule has 0 amide bonds. The molecule has 1 aliphatic rings. The fourth-order valence-electron chi connectivity index (χ4n) is 2.64. The van der Waals surface area contributed by atoms with E-state index in [0.717, 1.165) is 29.0 Å². The summed E-state index contributed by atoms with van der Waals surface area (Å²) in [5.74, 6) is 1.92. The van der Waals surface area contributed by atoms with Crippen LogP contribution in [0.3, 0.4) is 0 Å². The summed E-state index contributed by atoms with van der Waals surface area (Å²) in [6.45, 7) is 1.77. The van der Waals surface area contributed by atoms with Gasteiger partial charge in [0, 0.05) is 16.9 Å². The van der Waals surface area contributed by atoms with Crippen molar-refractivity contribution in [1.29, 1.82) is 0 Å². The minimum absolute atomic E-state index is 0.205. The molecule has 0 spiro atoms. The summed E-state index contributed by atoms with van der Waals surface area (Å²) in [7, 11) is 0. The molecule has 18 heavy (non-hydrogen) atoms. The molecule has 1 aromatic rings. The van der Waals surface area contributed by atoms with Gasteiger partial charge in [-0.25, -0.2) is 4.39 Å². The summed E-state index contributed by atoms with van der Waals surface area (Å²) >= 11 is 9.35. The van der Waals surface area contributed by atoms with Crippen LogP contribution >= 0.6 is 27.5 Å². The lowest BCUT2D eigenvalue weighted by molar-refractivity contribution is 0.395. The maximum absolute atomic E-state index is 12.9. The van der Waals surface area contributed by atoms with E-state index in [1.54, 1.807) is 0 Å². The Kier molecular flexibility index (Phi) is 5.46. The summed E-state index contributed by atoms with van der Waals surface area (Å²) in [5, 5.41) is 3.46. The van der Waals surface area contributed by atoms with Gasteiger partial charge >= 0.3 is 0 Å². The third-order valence-corrected chi connectivity index (χ3v) is 4.89. The summed E-state index contributed by atoms with van der Waals surface area (Å²) in [5.41, 5.74) is 1.09. The van der Waals surface area contributed by atoms with Crippen LogP contribution in [0.15, 0.2) is 22.7 Å². The predicted molar refractivity (Wildman–Crippen MR) is 77.4 cm³/mol. The molecular weight excluding hydrogens is 317 g/mol. The van der Waals surface area contributed by atoms with E-state index in [1.165, 1.54) is 31.4 Å². The lowest BCUT2D eigenvalue weighted by Crippen LogP contribution is -2.25. The molecule has 1 saturated carbocycles. The number of nitrogens with one attached hydrogen (secondary N) is 1. The SMILES string of the molecule is Fc1ccc(CNCC2CCCC2CCl)c(Br)c1. The highest BCUT2D eigenvalue weighted by molar-refractivity contribution is 9.10. The molecule has 0 saturated heterocycles. The van der Waals surface area contributed by atoms with Gasteiger partial charge in [-0.15, -0.1) is 11.6 Å². The smallest absolute Gasteiger partial charge is 0.124 e. The predicted octanol–water partition coefficient (Wildman–Crippen LogP) is 4.33. The van der Waals surface area contributed by atoms with Crippen molar-refractivity contribution in [2.75, 3.05) is 12.4 Å². The average molecular weight is 335 g/mol. The molecule has 2 atom stereocenters. The molecular formula is C14H18BrClFN. The Morgan fingerprint density at radius 1 is 1.33 bits per heavy atom. The topological polar surface area (TPSA) is 12.0 Å². The van der Waals surface area contributed by atoms with E-state index in [0.29, 0.717) is 11.8 Å². The molecule has 1 fully saturated rings. The van der Waals surface area contributed by atoms with E-state index >= 15 is 0 Å². The van der Waals surface area contributed by atoms with Crippen LogP contribution in [-0.4, -0.2) is 12.4 Å². The zero-order valence-corrected chi connectivity index (χ0v) is 12.6. The Morgan fingerprint density at radius 3 is 2.83 bits per heavy atom. The van der Waals surface area contributed by atoms with Gasteiger partial charge in [0.1, 0.15) is 5.82 Å². The minimum atomic E-state index is -0.205. The second kappa shape index (κ2) is 6.88. The number of benzene rings is 1. The molecule has 0 radical (unpaired) electrons. The van der Waals surface area contributed by atoms with Gasteiger partial charge in [-0.3, -0.25) is 0 Å². The standard InChI is InChI=1S/C14H18BrClFN/c15-14-6-13(17)5-4-12(14)9-18-8-11-3-1-2-10(11)7-16/h4-6,10-11,18H,1-3,7-9H2. The Labute approximate surface area is 121 Å². The molecule has 1 aromatic carbocycles. The van der Waals surface area contributed by atoms with Crippen molar-refractivity contribution in [3.05, 3.63) is 34.1 Å². The van der Waals surface area contributed by atoms with Crippen molar-refractivity contribution in [3.63, 3.8) is 0 Å². The molecule has 0 aliphatic heterocycles. The van der Waals surface area contributed by atoms with E-state index in [-0.39, 0.29) is 5.82 Å². The Morgan fingerprint density at radius 2 is 2.11 bits per heavy atom. The molecule has 4 heteroatoms. The average Bonchev–Trinajstić information content (AvgIpc) is 2.79. The first-order valence-electron chi connectivity index (χ1n) is 6.41. The van der Waals surface area contributed by atoms with Gasteiger partial charge in [-0.2, -0.15) is 0 Å². The third-order valence-electron chi connectivity index (χ3n) is 3.75. The number of rotatable bonds is 5. The van der Waals surface area contributed by atoms with Gasteiger partial charge < -0.3 is 5.32 Å². The summed E-state index contributed by atoms with van der Waals surface area (Å²) in [6, 6.07) is 4.83. The molecule has 1 N–H and O–H groups in total. The number of hydrogen-bond acceptors (Lipinski definition) is 1. The maximum atomic E-state index is 12.9. The summed E-state index contributed by atoms with van der Waals surface area (Å²) in [6.07, 6.45) is 3.83. The van der Waals surface area contributed by atoms with Crippen LogP contribution in [0.5, 0.6) is 0 Å². The third kappa shape index (κ3) is 3.69. The highest BCUT2D eigenvalue weighted by Gasteiger charge is 2.25. The first-order valence-corrected chi connectivity index (χ1v) is 7.74. The van der Waals surface area contributed by atoms with Crippen molar-refractivity contribution >= 4 is 27.5 Å². The van der Waals surface area contributed by atoms with Gasteiger partial charge in [0.15, 0.2) is 0 Å². The molecule has 100 valence electrons. The van der Waals surface area contributed by atoms with Crippen LogP contribution in [0.25, 0.3) is 0 Å².